The second-order valence-electron chi connectivity index (χ2n) is 6.67. The summed E-state index contributed by atoms with van der Waals surface area (Å²) >= 11 is 0. The molecule has 2 fully saturated rings. The molecule has 4 rings (SSSR count). The SMILES string of the molecule is Cc1ccc(N2CC[C@H]3CN(C(=O)c4ccco4)CCO[C@H]3C2)nn1. The van der Waals surface area contributed by atoms with Crippen molar-refractivity contribution in [3.05, 3.63) is 42.0 Å². The number of carbonyl (C=O) groups excluding carboxylic acids is 1. The van der Waals surface area contributed by atoms with Gasteiger partial charge in [-0.25, -0.2) is 0 Å². The zero-order valence-corrected chi connectivity index (χ0v) is 14.3. The summed E-state index contributed by atoms with van der Waals surface area (Å²) in [5.41, 5.74) is 0.913. The number of hydrogen-bond acceptors (Lipinski definition) is 6. The molecule has 2 aliphatic rings. The lowest BCUT2D eigenvalue weighted by atomic mass is 9.93. The van der Waals surface area contributed by atoms with Gasteiger partial charge in [0.25, 0.3) is 5.91 Å². The molecule has 0 aromatic carbocycles. The van der Waals surface area contributed by atoms with Gasteiger partial charge in [-0.1, -0.05) is 0 Å². The molecule has 0 radical (unpaired) electrons. The van der Waals surface area contributed by atoms with Crippen molar-refractivity contribution in [1.82, 2.24) is 15.1 Å². The average Bonchev–Trinajstić information content (AvgIpc) is 3.08. The van der Waals surface area contributed by atoms with Gasteiger partial charge in [-0.15, -0.1) is 5.10 Å². The normalized spacial score (nSPS) is 23.9. The van der Waals surface area contributed by atoms with Gasteiger partial charge in [-0.2, -0.15) is 5.10 Å². The lowest BCUT2D eigenvalue weighted by molar-refractivity contribution is 0.0251. The number of fused-ring (bicyclic) bond motifs is 1. The maximum absolute atomic E-state index is 12.6. The Labute approximate surface area is 146 Å². The number of rotatable bonds is 2. The Bertz CT molecular complexity index is 716. The van der Waals surface area contributed by atoms with Gasteiger partial charge < -0.3 is 19.0 Å². The van der Waals surface area contributed by atoms with Crippen LogP contribution in [0.15, 0.2) is 34.9 Å². The summed E-state index contributed by atoms with van der Waals surface area (Å²) in [5, 5.41) is 8.43. The number of aromatic nitrogens is 2. The zero-order valence-electron chi connectivity index (χ0n) is 14.3. The van der Waals surface area contributed by atoms with Crippen LogP contribution in [-0.2, 0) is 4.74 Å². The van der Waals surface area contributed by atoms with Crippen LogP contribution in [0.25, 0.3) is 0 Å². The van der Waals surface area contributed by atoms with E-state index < -0.39 is 0 Å². The predicted octanol–water partition coefficient (Wildman–Crippen LogP) is 1.75. The summed E-state index contributed by atoms with van der Waals surface area (Å²) in [6.45, 7) is 5.45. The molecule has 0 unspecified atom stereocenters. The second kappa shape index (κ2) is 6.84. The molecule has 2 aromatic heterocycles. The van der Waals surface area contributed by atoms with Gasteiger partial charge >= 0.3 is 0 Å². The Hall–Kier alpha value is -2.41. The monoisotopic (exact) mass is 342 g/mol. The molecule has 4 heterocycles. The van der Waals surface area contributed by atoms with Crippen LogP contribution in [0.1, 0.15) is 22.7 Å². The molecule has 0 spiro atoms. The fourth-order valence-electron chi connectivity index (χ4n) is 3.56. The highest BCUT2D eigenvalue weighted by molar-refractivity contribution is 5.91. The van der Waals surface area contributed by atoms with Gasteiger partial charge in [0.15, 0.2) is 11.6 Å². The first kappa shape index (κ1) is 16.1. The molecule has 25 heavy (non-hydrogen) atoms. The number of furan rings is 1. The number of carbonyl (C=O) groups is 1. The molecule has 132 valence electrons. The van der Waals surface area contributed by atoms with Crippen LogP contribution in [0.2, 0.25) is 0 Å². The quantitative estimate of drug-likeness (QED) is 0.828. The molecule has 1 amide bonds. The highest BCUT2D eigenvalue weighted by Gasteiger charge is 2.35. The topological polar surface area (TPSA) is 71.7 Å². The molecule has 0 aliphatic carbocycles. The summed E-state index contributed by atoms with van der Waals surface area (Å²) in [5.74, 6) is 1.56. The van der Waals surface area contributed by atoms with Crippen molar-refractivity contribution in [3.63, 3.8) is 0 Å². The Morgan fingerprint density at radius 1 is 1.20 bits per heavy atom. The van der Waals surface area contributed by atoms with Crippen molar-refractivity contribution in [2.75, 3.05) is 37.7 Å². The molecule has 2 aromatic rings. The number of hydrogen-bond donors (Lipinski definition) is 0. The van der Waals surface area contributed by atoms with Crippen LogP contribution < -0.4 is 4.90 Å². The van der Waals surface area contributed by atoms with Crippen molar-refractivity contribution in [2.24, 2.45) is 5.92 Å². The molecule has 7 nitrogen and oxygen atoms in total. The van der Waals surface area contributed by atoms with E-state index in [1.54, 1.807) is 12.1 Å². The molecule has 2 aliphatic heterocycles. The third kappa shape index (κ3) is 3.37. The molecular formula is C18H22N4O3. The van der Waals surface area contributed by atoms with Crippen molar-refractivity contribution in [1.29, 1.82) is 0 Å². The molecule has 0 bridgehead atoms. The van der Waals surface area contributed by atoms with Crippen LogP contribution in [0.3, 0.4) is 0 Å². The number of piperidine rings is 1. The number of nitrogens with zero attached hydrogens (tertiary/aromatic N) is 4. The van der Waals surface area contributed by atoms with Gasteiger partial charge in [0.2, 0.25) is 0 Å². The third-order valence-electron chi connectivity index (χ3n) is 4.97. The van der Waals surface area contributed by atoms with E-state index in [1.807, 2.05) is 24.0 Å². The minimum absolute atomic E-state index is 0.0546. The number of anilines is 1. The van der Waals surface area contributed by atoms with E-state index in [9.17, 15) is 4.79 Å². The minimum Gasteiger partial charge on any atom is -0.459 e. The van der Waals surface area contributed by atoms with E-state index in [0.29, 0.717) is 31.4 Å². The Morgan fingerprint density at radius 2 is 2.12 bits per heavy atom. The molecule has 2 atom stereocenters. The molecule has 7 heteroatoms. The summed E-state index contributed by atoms with van der Waals surface area (Å²) in [6, 6.07) is 7.44. The van der Waals surface area contributed by atoms with Gasteiger partial charge in [0, 0.05) is 32.1 Å². The Morgan fingerprint density at radius 3 is 2.88 bits per heavy atom. The van der Waals surface area contributed by atoms with E-state index in [0.717, 1.165) is 31.0 Å². The smallest absolute Gasteiger partial charge is 0.289 e. The Balaban J connectivity index is 1.43. The standard InChI is InChI=1S/C18H22N4O3/c1-13-4-5-17(20-19-13)21-7-6-14-11-22(8-10-25-16(14)12-21)18(23)15-3-2-9-24-15/h2-5,9,14,16H,6-8,10-12H2,1H3/t14-,16-/m0/s1. The lowest BCUT2D eigenvalue weighted by Crippen LogP contribution is -2.47. The summed E-state index contributed by atoms with van der Waals surface area (Å²) in [6.07, 6.45) is 2.60. The predicted molar refractivity (Wildman–Crippen MR) is 91.4 cm³/mol. The Kier molecular flexibility index (Phi) is 4.40. The fourth-order valence-corrected chi connectivity index (χ4v) is 3.56. The molecular weight excluding hydrogens is 320 g/mol. The van der Waals surface area contributed by atoms with Crippen LogP contribution in [0, 0.1) is 12.8 Å². The van der Waals surface area contributed by atoms with Crippen LogP contribution in [0.4, 0.5) is 5.82 Å². The fraction of sp³-hybridized carbons (Fsp3) is 0.500. The summed E-state index contributed by atoms with van der Waals surface area (Å²) in [4.78, 5) is 16.6. The highest BCUT2D eigenvalue weighted by Crippen LogP contribution is 2.27. The number of amides is 1. The highest BCUT2D eigenvalue weighted by atomic mass is 16.5. The summed E-state index contributed by atoms with van der Waals surface area (Å²) < 4.78 is 11.3. The van der Waals surface area contributed by atoms with E-state index in [2.05, 4.69) is 15.1 Å². The van der Waals surface area contributed by atoms with E-state index in [4.69, 9.17) is 9.15 Å². The van der Waals surface area contributed by atoms with Crippen molar-refractivity contribution >= 4 is 11.7 Å². The summed E-state index contributed by atoms with van der Waals surface area (Å²) in [7, 11) is 0. The first-order valence-corrected chi connectivity index (χ1v) is 8.70. The van der Waals surface area contributed by atoms with Crippen molar-refractivity contribution in [3.8, 4) is 0 Å². The molecule has 2 saturated heterocycles. The van der Waals surface area contributed by atoms with Crippen LogP contribution in [-0.4, -0.2) is 59.9 Å². The number of ether oxygens (including phenoxy) is 1. The van der Waals surface area contributed by atoms with Gasteiger partial charge in [-0.3, -0.25) is 4.79 Å². The third-order valence-corrected chi connectivity index (χ3v) is 4.97. The maximum atomic E-state index is 12.6. The molecule has 0 saturated carbocycles. The van der Waals surface area contributed by atoms with Crippen LogP contribution >= 0.6 is 0 Å². The molecule has 0 N–H and O–H groups in total. The van der Waals surface area contributed by atoms with Crippen LogP contribution in [0.5, 0.6) is 0 Å². The van der Waals surface area contributed by atoms with Gasteiger partial charge in [0.1, 0.15) is 0 Å². The largest absolute Gasteiger partial charge is 0.459 e. The van der Waals surface area contributed by atoms with E-state index >= 15 is 0 Å². The zero-order chi connectivity index (χ0) is 17.2. The van der Waals surface area contributed by atoms with Gasteiger partial charge in [0.05, 0.1) is 24.7 Å². The average molecular weight is 342 g/mol. The first-order valence-electron chi connectivity index (χ1n) is 8.70. The van der Waals surface area contributed by atoms with E-state index in [1.165, 1.54) is 6.26 Å². The number of aryl methyl sites for hydroxylation is 1. The van der Waals surface area contributed by atoms with E-state index in [-0.39, 0.29) is 12.0 Å². The lowest BCUT2D eigenvalue weighted by Gasteiger charge is -2.38. The van der Waals surface area contributed by atoms with Gasteiger partial charge in [-0.05, 0) is 37.6 Å². The minimum atomic E-state index is -0.0546. The second-order valence-corrected chi connectivity index (χ2v) is 6.67. The van der Waals surface area contributed by atoms with Crippen molar-refractivity contribution < 1.29 is 13.9 Å². The van der Waals surface area contributed by atoms with Crippen molar-refractivity contribution in [2.45, 2.75) is 19.4 Å². The first-order chi connectivity index (χ1) is 12.2. The maximum Gasteiger partial charge on any atom is 0.289 e.